The van der Waals surface area contributed by atoms with Crippen molar-refractivity contribution in [2.45, 2.75) is 25.9 Å². The highest BCUT2D eigenvalue weighted by atomic mass is 79.9. The van der Waals surface area contributed by atoms with Crippen LogP contribution in [0.3, 0.4) is 0 Å². The lowest BCUT2D eigenvalue weighted by Gasteiger charge is -2.19. The van der Waals surface area contributed by atoms with E-state index in [9.17, 15) is 19.2 Å². The Morgan fingerprint density at radius 2 is 1.63 bits per heavy atom. The third-order valence-electron chi connectivity index (χ3n) is 9.22. The molecule has 0 spiro atoms. The summed E-state index contributed by atoms with van der Waals surface area (Å²) in [6.45, 7) is 1.89. The molecule has 1 aliphatic heterocycles. The van der Waals surface area contributed by atoms with E-state index in [1.165, 1.54) is 4.90 Å². The molecule has 10 heteroatoms. The Morgan fingerprint density at radius 3 is 2.26 bits per heavy atom. The predicted molar refractivity (Wildman–Crippen MR) is 180 cm³/mol. The standard InChI is InChI=1S/C36H27BrCl2N2O5/c1-18-14-23(37)16-26-27(36(45)46-29(12-13-38)33(42)20-4-8-24(39)9-5-20)17-28(40-32(18)26)19-6-10-25(11-7-19)41-34(43)30-21-2-3-22(15-21)31(30)35(41)44/h2-11,14,16-17,21-22,29-31H,12-13,15H2,1H3. The van der Waals surface area contributed by atoms with Gasteiger partial charge in [-0.25, -0.2) is 9.78 Å². The molecular weight excluding hydrogens is 691 g/mol. The molecule has 0 N–H and O–H groups in total. The van der Waals surface area contributed by atoms with Crippen LogP contribution >= 0.6 is 39.1 Å². The van der Waals surface area contributed by atoms with Crippen LogP contribution in [-0.4, -0.2) is 40.5 Å². The van der Waals surface area contributed by atoms with Crippen LogP contribution in [0.2, 0.25) is 5.02 Å². The van der Waals surface area contributed by atoms with Crippen LogP contribution in [-0.2, 0) is 14.3 Å². The van der Waals surface area contributed by atoms with Crippen LogP contribution in [0.4, 0.5) is 5.69 Å². The Bertz CT molecular complexity index is 1930. The largest absolute Gasteiger partial charge is 0.450 e. The molecule has 2 heterocycles. The van der Waals surface area contributed by atoms with Crippen molar-refractivity contribution in [1.29, 1.82) is 0 Å². The highest BCUT2D eigenvalue weighted by Crippen LogP contribution is 2.53. The van der Waals surface area contributed by atoms with Crippen molar-refractivity contribution < 1.29 is 23.9 Å². The fourth-order valence-electron chi connectivity index (χ4n) is 7.05. The fraction of sp³-hybridized carbons (Fsp3) is 0.250. The van der Waals surface area contributed by atoms with Crippen LogP contribution < -0.4 is 4.90 Å². The lowest BCUT2D eigenvalue weighted by molar-refractivity contribution is -0.123. The number of halogens is 3. The van der Waals surface area contributed by atoms with Crippen molar-refractivity contribution in [2.24, 2.45) is 23.7 Å². The molecule has 5 atom stereocenters. The minimum absolute atomic E-state index is 0.109. The molecule has 232 valence electrons. The minimum Gasteiger partial charge on any atom is -0.450 e. The Kier molecular flexibility index (Phi) is 8.07. The summed E-state index contributed by atoms with van der Waals surface area (Å²) in [4.78, 5) is 60.0. The van der Waals surface area contributed by atoms with Gasteiger partial charge < -0.3 is 4.74 Å². The number of ether oxygens (including phenoxy) is 1. The van der Waals surface area contributed by atoms with Gasteiger partial charge in [0.15, 0.2) is 6.10 Å². The van der Waals surface area contributed by atoms with E-state index < -0.39 is 12.1 Å². The average molecular weight is 718 g/mol. The normalized spacial score (nSPS) is 22.0. The SMILES string of the molecule is Cc1cc(Br)cc2c(C(=O)OC(CCCl)C(=O)c3ccc(Cl)cc3)cc(-c3ccc(N4C(=O)C5C6C=CC(C6)C5C4=O)cc3)nc12. The monoisotopic (exact) mass is 716 g/mol. The molecular formula is C36H27BrCl2N2O5. The first-order valence-corrected chi connectivity index (χ1v) is 16.7. The Morgan fingerprint density at radius 1 is 0.978 bits per heavy atom. The molecule has 3 aliphatic rings. The number of esters is 1. The smallest absolute Gasteiger partial charge is 0.339 e. The Labute approximate surface area is 283 Å². The summed E-state index contributed by atoms with van der Waals surface area (Å²) in [5, 5.41) is 1.04. The zero-order valence-corrected chi connectivity index (χ0v) is 27.7. The summed E-state index contributed by atoms with van der Waals surface area (Å²) in [5.74, 6) is -1.56. The number of Topliss-reactive ketones (excluding diaryl/α,β-unsaturated/α-hetero) is 1. The van der Waals surface area contributed by atoms with E-state index in [0.29, 0.717) is 38.4 Å². The minimum atomic E-state index is -1.11. The molecule has 46 heavy (non-hydrogen) atoms. The number of alkyl halides is 1. The van der Waals surface area contributed by atoms with E-state index >= 15 is 0 Å². The van der Waals surface area contributed by atoms with Crippen molar-refractivity contribution >= 4 is 79.3 Å². The highest BCUT2D eigenvalue weighted by Gasteiger charge is 2.59. The summed E-state index contributed by atoms with van der Waals surface area (Å²) >= 11 is 15.5. The van der Waals surface area contributed by atoms with E-state index in [4.69, 9.17) is 32.9 Å². The number of nitrogens with zero attached hydrogens (tertiary/aromatic N) is 2. The van der Waals surface area contributed by atoms with Gasteiger partial charge in [-0.1, -0.05) is 51.8 Å². The quantitative estimate of drug-likeness (QED) is 0.0604. The van der Waals surface area contributed by atoms with Gasteiger partial charge in [-0.3, -0.25) is 19.3 Å². The van der Waals surface area contributed by atoms with Gasteiger partial charge in [0.2, 0.25) is 17.6 Å². The number of aryl methyl sites for hydroxylation is 1. The first-order chi connectivity index (χ1) is 22.1. The predicted octanol–water partition coefficient (Wildman–Crippen LogP) is 7.97. The number of anilines is 1. The third-order valence-corrected chi connectivity index (χ3v) is 10.2. The number of rotatable bonds is 8. The lowest BCUT2D eigenvalue weighted by Crippen LogP contribution is -2.32. The van der Waals surface area contributed by atoms with E-state index in [2.05, 4.69) is 28.1 Å². The van der Waals surface area contributed by atoms with E-state index in [1.807, 2.05) is 13.0 Å². The second-order valence-electron chi connectivity index (χ2n) is 12.0. The number of carbonyl (C=O) groups excluding carboxylic acids is 4. The number of hydrogen-bond acceptors (Lipinski definition) is 6. The fourth-order valence-corrected chi connectivity index (χ4v) is 7.94. The van der Waals surface area contributed by atoms with Crippen molar-refractivity contribution in [2.75, 3.05) is 10.8 Å². The molecule has 3 aromatic carbocycles. The van der Waals surface area contributed by atoms with Gasteiger partial charge in [-0.15, -0.1) is 11.6 Å². The average Bonchev–Trinajstić information content (AvgIpc) is 3.74. The molecule has 1 saturated heterocycles. The number of amides is 2. The zero-order valence-electron chi connectivity index (χ0n) is 24.6. The van der Waals surface area contributed by atoms with Gasteiger partial charge in [0.05, 0.1) is 34.3 Å². The van der Waals surface area contributed by atoms with Gasteiger partial charge in [-0.2, -0.15) is 0 Å². The number of fused-ring (bicyclic) bond motifs is 6. The van der Waals surface area contributed by atoms with Crippen LogP contribution in [0.1, 0.15) is 39.1 Å². The molecule has 7 rings (SSSR count). The summed E-state index contributed by atoms with van der Waals surface area (Å²) < 4.78 is 6.59. The molecule has 2 fully saturated rings. The van der Waals surface area contributed by atoms with Gasteiger partial charge in [0, 0.05) is 38.3 Å². The number of allylic oxidation sites excluding steroid dienone is 2. The molecule has 2 bridgehead atoms. The number of aromatic nitrogens is 1. The number of pyridine rings is 1. The van der Waals surface area contributed by atoms with Crippen LogP contribution in [0.15, 0.2) is 83.4 Å². The maximum atomic E-state index is 13.8. The number of imide groups is 1. The first kappa shape index (κ1) is 30.8. The first-order valence-electron chi connectivity index (χ1n) is 15.0. The number of hydrogen-bond donors (Lipinski definition) is 0. The Hall–Kier alpha value is -3.85. The van der Waals surface area contributed by atoms with E-state index in [1.54, 1.807) is 60.7 Å². The number of benzene rings is 3. The maximum Gasteiger partial charge on any atom is 0.339 e. The topological polar surface area (TPSA) is 93.6 Å². The van der Waals surface area contributed by atoms with Crippen LogP contribution in [0, 0.1) is 30.6 Å². The van der Waals surface area contributed by atoms with E-state index in [0.717, 1.165) is 16.5 Å². The van der Waals surface area contributed by atoms with Crippen molar-refractivity contribution in [1.82, 2.24) is 4.98 Å². The van der Waals surface area contributed by atoms with Gasteiger partial charge in [0.25, 0.3) is 0 Å². The summed E-state index contributed by atoms with van der Waals surface area (Å²) in [6, 6.07) is 18.7. The number of ketones is 1. The summed E-state index contributed by atoms with van der Waals surface area (Å²) in [7, 11) is 0. The van der Waals surface area contributed by atoms with Crippen molar-refractivity contribution in [3.63, 3.8) is 0 Å². The molecule has 1 aromatic heterocycles. The molecule has 0 radical (unpaired) electrons. The summed E-state index contributed by atoms with van der Waals surface area (Å²) in [6.07, 6.45) is 4.04. The van der Waals surface area contributed by atoms with Gasteiger partial charge in [0.1, 0.15) is 0 Å². The molecule has 1 saturated carbocycles. The second-order valence-corrected chi connectivity index (χ2v) is 13.7. The maximum absolute atomic E-state index is 13.8. The van der Waals surface area contributed by atoms with Crippen LogP contribution in [0.5, 0.6) is 0 Å². The number of carbonyl (C=O) groups is 4. The molecule has 4 aromatic rings. The molecule has 7 nitrogen and oxygen atoms in total. The highest BCUT2D eigenvalue weighted by molar-refractivity contribution is 9.10. The lowest BCUT2D eigenvalue weighted by atomic mass is 9.85. The summed E-state index contributed by atoms with van der Waals surface area (Å²) in [5.41, 5.74) is 3.69. The van der Waals surface area contributed by atoms with Gasteiger partial charge in [-0.05, 0) is 85.3 Å². The molecule has 2 aliphatic carbocycles. The molecule has 2 amide bonds. The van der Waals surface area contributed by atoms with Gasteiger partial charge >= 0.3 is 5.97 Å². The molecule has 5 unspecified atom stereocenters. The van der Waals surface area contributed by atoms with Crippen molar-refractivity contribution in [3.8, 4) is 11.3 Å². The van der Waals surface area contributed by atoms with E-state index in [-0.39, 0.29) is 59.1 Å². The third kappa shape index (κ3) is 5.26. The zero-order chi connectivity index (χ0) is 32.3. The second kappa shape index (κ2) is 12.1. The Balaban J connectivity index is 1.21. The van der Waals surface area contributed by atoms with Crippen LogP contribution in [0.25, 0.3) is 22.2 Å². The van der Waals surface area contributed by atoms with Crippen molar-refractivity contribution in [3.05, 3.63) is 105 Å².